The largest absolute Gasteiger partial charge is 0.372 e. The summed E-state index contributed by atoms with van der Waals surface area (Å²) in [7, 11) is 0. The fraction of sp³-hybridized carbons (Fsp3) is 0.556. The smallest absolute Gasteiger partial charge is 0.267 e. The number of nitrogens with zero attached hydrogens (tertiary/aromatic N) is 4. The van der Waals surface area contributed by atoms with Gasteiger partial charge in [0, 0.05) is 25.8 Å². The van der Waals surface area contributed by atoms with Crippen LogP contribution in [0.15, 0.2) is 28.0 Å². The molecule has 2 atom stereocenters. The van der Waals surface area contributed by atoms with Crippen molar-refractivity contribution in [2.75, 3.05) is 24.5 Å². The zero-order chi connectivity index (χ0) is 25.8. The van der Waals surface area contributed by atoms with Crippen LogP contribution in [0.1, 0.15) is 70.4 Å². The minimum absolute atomic E-state index is 0.00857. The van der Waals surface area contributed by atoms with E-state index in [2.05, 4.69) is 11.8 Å². The van der Waals surface area contributed by atoms with Gasteiger partial charge in [0.25, 0.3) is 11.5 Å². The monoisotopic (exact) mass is 528 g/mol. The number of pyridine rings is 1. The summed E-state index contributed by atoms with van der Waals surface area (Å²) in [5.41, 5.74) is 1.77. The van der Waals surface area contributed by atoms with Crippen molar-refractivity contribution in [1.82, 2.24) is 14.3 Å². The molecule has 0 bridgehead atoms. The van der Waals surface area contributed by atoms with Gasteiger partial charge in [0.05, 0.1) is 22.7 Å². The number of aryl methyl sites for hydroxylation is 1. The van der Waals surface area contributed by atoms with Gasteiger partial charge in [0.2, 0.25) is 0 Å². The fourth-order valence-corrected chi connectivity index (χ4v) is 6.18. The molecule has 7 nitrogen and oxygen atoms in total. The number of thioether (sulfide) groups is 1. The van der Waals surface area contributed by atoms with Gasteiger partial charge in [-0.25, -0.2) is 4.98 Å². The lowest BCUT2D eigenvalue weighted by molar-refractivity contribution is -0.122. The Balaban J connectivity index is 1.66. The first kappa shape index (κ1) is 26.8. The van der Waals surface area contributed by atoms with E-state index in [1.54, 1.807) is 21.6 Å². The van der Waals surface area contributed by atoms with E-state index in [0.717, 1.165) is 18.4 Å². The summed E-state index contributed by atoms with van der Waals surface area (Å²) < 4.78 is 8.04. The van der Waals surface area contributed by atoms with Crippen LogP contribution in [0.25, 0.3) is 11.7 Å². The predicted molar refractivity (Wildman–Crippen MR) is 152 cm³/mol. The number of aromatic nitrogens is 2. The third-order valence-electron chi connectivity index (χ3n) is 6.67. The van der Waals surface area contributed by atoms with Crippen molar-refractivity contribution in [2.24, 2.45) is 0 Å². The van der Waals surface area contributed by atoms with E-state index in [0.29, 0.717) is 45.9 Å². The topological polar surface area (TPSA) is 67.2 Å². The number of thiocarbonyl (C=S) groups is 1. The highest BCUT2D eigenvalue weighted by Gasteiger charge is 2.33. The summed E-state index contributed by atoms with van der Waals surface area (Å²) in [5, 5.41) is 0. The highest BCUT2D eigenvalue weighted by Crippen LogP contribution is 2.34. The lowest BCUT2D eigenvalue weighted by Crippen LogP contribution is -2.46. The van der Waals surface area contributed by atoms with E-state index in [4.69, 9.17) is 21.9 Å². The van der Waals surface area contributed by atoms with Gasteiger partial charge in [-0.3, -0.25) is 18.9 Å². The quantitative estimate of drug-likeness (QED) is 0.252. The molecule has 2 saturated heterocycles. The minimum atomic E-state index is -0.188. The minimum Gasteiger partial charge on any atom is -0.372 e. The molecule has 0 radical (unpaired) electrons. The molecule has 2 aromatic rings. The van der Waals surface area contributed by atoms with Crippen molar-refractivity contribution in [3.8, 4) is 0 Å². The zero-order valence-electron chi connectivity index (χ0n) is 21.7. The summed E-state index contributed by atoms with van der Waals surface area (Å²) in [5.74, 6) is 0.472. The van der Waals surface area contributed by atoms with Crippen LogP contribution >= 0.6 is 24.0 Å². The number of hydrogen-bond donors (Lipinski definition) is 0. The van der Waals surface area contributed by atoms with Gasteiger partial charge in [-0.15, -0.1) is 0 Å². The molecular weight excluding hydrogens is 492 g/mol. The molecule has 2 aliphatic heterocycles. The van der Waals surface area contributed by atoms with E-state index in [9.17, 15) is 9.59 Å². The lowest BCUT2D eigenvalue weighted by atomic mass is 10.1. The number of carbonyl (C=O) groups is 1. The number of fused-ring (bicyclic) bond motifs is 1. The van der Waals surface area contributed by atoms with Crippen molar-refractivity contribution < 1.29 is 9.53 Å². The molecule has 0 spiro atoms. The molecule has 0 saturated carbocycles. The summed E-state index contributed by atoms with van der Waals surface area (Å²) in [6, 6.07) is 3.79. The van der Waals surface area contributed by atoms with Crippen molar-refractivity contribution in [2.45, 2.75) is 78.4 Å². The van der Waals surface area contributed by atoms with Crippen LogP contribution in [0.3, 0.4) is 0 Å². The van der Waals surface area contributed by atoms with Gasteiger partial charge in [-0.05, 0) is 44.9 Å². The Kier molecular flexibility index (Phi) is 8.85. The Morgan fingerprint density at radius 3 is 2.56 bits per heavy atom. The van der Waals surface area contributed by atoms with Gasteiger partial charge in [0.1, 0.15) is 15.8 Å². The van der Waals surface area contributed by atoms with Crippen LogP contribution in [0.2, 0.25) is 0 Å². The number of hydrogen-bond acceptors (Lipinski definition) is 7. The average Bonchev–Trinajstić information content (AvgIpc) is 3.10. The molecule has 0 aromatic carbocycles. The molecule has 9 heteroatoms. The summed E-state index contributed by atoms with van der Waals surface area (Å²) >= 11 is 6.82. The van der Waals surface area contributed by atoms with Crippen LogP contribution in [0.5, 0.6) is 0 Å². The predicted octanol–water partition coefficient (Wildman–Crippen LogP) is 5.18. The maximum atomic E-state index is 13.7. The van der Waals surface area contributed by atoms with E-state index in [1.165, 1.54) is 37.4 Å². The first-order chi connectivity index (χ1) is 17.3. The summed E-state index contributed by atoms with van der Waals surface area (Å²) in [4.78, 5) is 36.2. The van der Waals surface area contributed by atoms with Crippen LogP contribution in [0, 0.1) is 6.92 Å². The number of amides is 1. The van der Waals surface area contributed by atoms with Crippen LogP contribution in [0.4, 0.5) is 5.82 Å². The third-order valence-corrected chi connectivity index (χ3v) is 8.05. The number of carbonyl (C=O) groups excluding carboxylic acids is 1. The molecule has 0 N–H and O–H groups in total. The van der Waals surface area contributed by atoms with Crippen molar-refractivity contribution in [3.05, 3.63) is 44.7 Å². The molecule has 194 valence electrons. The van der Waals surface area contributed by atoms with Crippen molar-refractivity contribution in [1.29, 1.82) is 0 Å². The van der Waals surface area contributed by atoms with Gasteiger partial charge < -0.3 is 9.64 Å². The number of rotatable bonds is 9. The maximum Gasteiger partial charge on any atom is 0.267 e. The molecule has 36 heavy (non-hydrogen) atoms. The van der Waals surface area contributed by atoms with E-state index >= 15 is 0 Å². The highest BCUT2D eigenvalue weighted by molar-refractivity contribution is 8.26. The molecule has 4 heterocycles. The van der Waals surface area contributed by atoms with Gasteiger partial charge >= 0.3 is 0 Å². The second kappa shape index (κ2) is 11.9. The van der Waals surface area contributed by atoms with Crippen LogP contribution < -0.4 is 10.5 Å². The standard InChI is InChI=1S/C27H36N4O3S2/c1-5-6-7-8-9-10-13-31-26(33)22(36-27(31)35)15-21-24(29-16-19(3)34-20(4)17-29)28-23-18(2)12-11-14-30(23)25(21)32/h11-12,14-15,19-20H,5-10,13,16-17H2,1-4H3. The van der Waals surface area contributed by atoms with E-state index in [-0.39, 0.29) is 23.7 Å². The van der Waals surface area contributed by atoms with Crippen molar-refractivity contribution >= 4 is 51.7 Å². The molecule has 0 aliphatic carbocycles. The SMILES string of the molecule is CCCCCCCCN1C(=O)C(=Cc2c(N3CC(C)OC(C)C3)nc3c(C)cccn3c2=O)SC1=S. The Morgan fingerprint density at radius 2 is 1.83 bits per heavy atom. The highest BCUT2D eigenvalue weighted by atomic mass is 32.2. The zero-order valence-corrected chi connectivity index (χ0v) is 23.3. The number of unbranched alkanes of at least 4 members (excludes halogenated alkanes) is 5. The van der Waals surface area contributed by atoms with Crippen molar-refractivity contribution in [3.63, 3.8) is 0 Å². The molecule has 2 aromatic heterocycles. The normalized spacial score (nSPS) is 21.8. The van der Waals surface area contributed by atoms with Gasteiger partial charge in [0.15, 0.2) is 0 Å². The number of morpholine rings is 1. The second-order valence-electron chi connectivity index (χ2n) is 9.80. The first-order valence-electron chi connectivity index (χ1n) is 13.0. The Hall–Kier alpha value is -2.23. The third kappa shape index (κ3) is 5.84. The fourth-order valence-electron chi connectivity index (χ4n) is 4.89. The Labute approximate surface area is 222 Å². The van der Waals surface area contributed by atoms with Gasteiger partial charge in [-0.2, -0.15) is 0 Å². The first-order valence-corrected chi connectivity index (χ1v) is 14.2. The van der Waals surface area contributed by atoms with Gasteiger partial charge in [-0.1, -0.05) is 69.1 Å². The number of ether oxygens (including phenoxy) is 1. The maximum absolute atomic E-state index is 13.7. The van der Waals surface area contributed by atoms with E-state index < -0.39 is 0 Å². The molecule has 1 amide bonds. The summed E-state index contributed by atoms with van der Waals surface area (Å²) in [6.07, 6.45) is 10.3. The molecule has 2 fully saturated rings. The summed E-state index contributed by atoms with van der Waals surface area (Å²) in [6.45, 7) is 10.1. The van der Waals surface area contributed by atoms with Crippen LogP contribution in [-0.2, 0) is 9.53 Å². The number of anilines is 1. The molecule has 2 unspecified atom stereocenters. The molecule has 4 rings (SSSR count). The van der Waals surface area contributed by atoms with Crippen LogP contribution in [-0.4, -0.2) is 56.4 Å². The van der Waals surface area contributed by atoms with E-state index in [1.807, 2.05) is 32.9 Å². The Morgan fingerprint density at radius 1 is 1.14 bits per heavy atom. The second-order valence-corrected chi connectivity index (χ2v) is 11.5. The lowest BCUT2D eigenvalue weighted by Gasteiger charge is -2.36. The Bertz CT molecular complexity index is 1220. The molecule has 2 aliphatic rings. The average molecular weight is 529 g/mol. The molecular formula is C27H36N4O3S2.